The molecule has 17 heavy (non-hydrogen) atoms. The van der Waals surface area contributed by atoms with Crippen LogP contribution in [-0.4, -0.2) is 4.98 Å². The third-order valence-electron chi connectivity index (χ3n) is 4.30. The highest BCUT2D eigenvalue weighted by Crippen LogP contribution is 2.37. The summed E-state index contributed by atoms with van der Waals surface area (Å²) in [5.74, 6) is 1.60. The highest BCUT2D eigenvalue weighted by Gasteiger charge is 2.22. The summed E-state index contributed by atoms with van der Waals surface area (Å²) < 4.78 is 0. The van der Waals surface area contributed by atoms with E-state index in [1.807, 2.05) is 12.4 Å². The lowest BCUT2D eigenvalue weighted by Gasteiger charge is -2.19. The van der Waals surface area contributed by atoms with Crippen molar-refractivity contribution in [2.45, 2.75) is 38.5 Å². The summed E-state index contributed by atoms with van der Waals surface area (Å²) in [6.45, 7) is 2.39. The number of hydrogen-bond acceptors (Lipinski definition) is 1. The number of benzene rings is 1. The number of hydrogen-bond donors (Lipinski definition) is 0. The molecule has 1 nitrogen and oxygen atoms in total. The second-order valence-electron chi connectivity index (χ2n) is 5.32. The van der Waals surface area contributed by atoms with Crippen molar-refractivity contribution in [3.63, 3.8) is 0 Å². The fourth-order valence-electron chi connectivity index (χ4n) is 3.11. The zero-order valence-corrected chi connectivity index (χ0v) is 10.4. The monoisotopic (exact) mass is 225 g/mol. The van der Waals surface area contributed by atoms with E-state index in [0.29, 0.717) is 5.92 Å². The molecule has 1 aromatic heterocycles. The zero-order chi connectivity index (χ0) is 11.7. The van der Waals surface area contributed by atoms with Crippen LogP contribution in [0.2, 0.25) is 0 Å². The quantitative estimate of drug-likeness (QED) is 0.731. The normalized spacial score (nSPS) is 18.6. The number of rotatable bonds is 2. The molecular weight excluding hydrogens is 206 g/mol. The average Bonchev–Trinajstić information content (AvgIpc) is 2.91. The molecule has 0 bridgehead atoms. The van der Waals surface area contributed by atoms with Gasteiger partial charge in [-0.2, -0.15) is 0 Å². The molecule has 1 unspecified atom stereocenters. The Kier molecular flexibility index (Phi) is 2.84. The van der Waals surface area contributed by atoms with Gasteiger partial charge in [-0.1, -0.05) is 38.0 Å². The smallest absolute Gasteiger partial charge is 0.0346 e. The molecule has 0 spiro atoms. The molecule has 1 fully saturated rings. The van der Waals surface area contributed by atoms with Gasteiger partial charge in [0.05, 0.1) is 0 Å². The van der Waals surface area contributed by atoms with Crippen molar-refractivity contribution in [1.82, 2.24) is 4.98 Å². The van der Waals surface area contributed by atoms with Crippen LogP contribution in [-0.2, 0) is 0 Å². The minimum absolute atomic E-state index is 0.704. The van der Waals surface area contributed by atoms with Crippen molar-refractivity contribution >= 4 is 10.8 Å². The average molecular weight is 225 g/mol. The Labute approximate surface area is 103 Å². The van der Waals surface area contributed by atoms with Crippen LogP contribution >= 0.6 is 0 Å². The predicted octanol–water partition coefficient (Wildman–Crippen LogP) is 4.53. The fourth-order valence-corrected chi connectivity index (χ4v) is 3.11. The van der Waals surface area contributed by atoms with Gasteiger partial charge in [0.2, 0.25) is 0 Å². The Morgan fingerprint density at radius 1 is 1.12 bits per heavy atom. The van der Waals surface area contributed by atoms with Crippen LogP contribution in [0.3, 0.4) is 0 Å². The molecule has 1 aliphatic carbocycles. The summed E-state index contributed by atoms with van der Waals surface area (Å²) in [6.07, 6.45) is 9.50. The minimum atomic E-state index is 0.704. The Hall–Kier alpha value is -1.37. The predicted molar refractivity (Wildman–Crippen MR) is 72.1 cm³/mol. The van der Waals surface area contributed by atoms with Gasteiger partial charge >= 0.3 is 0 Å². The Balaban J connectivity index is 1.94. The SMILES string of the molecule is CC(c1ccc2cnccc2c1)C1CCCC1. The summed E-state index contributed by atoms with van der Waals surface area (Å²) in [7, 11) is 0. The molecule has 1 atom stereocenters. The first-order valence-corrected chi connectivity index (χ1v) is 6.68. The zero-order valence-electron chi connectivity index (χ0n) is 10.4. The summed E-state index contributed by atoms with van der Waals surface area (Å²) in [5.41, 5.74) is 1.50. The van der Waals surface area contributed by atoms with E-state index in [1.54, 1.807) is 0 Å². The van der Waals surface area contributed by atoms with Gasteiger partial charge in [0.25, 0.3) is 0 Å². The van der Waals surface area contributed by atoms with Crippen LogP contribution in [0.4, 0.5) is 0 Å². The lowest BCUT2D eigenvalue weighted by atomic mass is 9.86. The molecule has 2 aromatic rings. The van der Waals surface area contributed by atoms with E-state index in [9.17, 15) is 0 Å². The van der Waals surface area contributed by atoms with Crippen LogP contribution in [0.25, 0.3) is 10.8 Å². The van der Waals surface area contributed by atoms with Crippen LogP contribution in [0, 0.1) is 5.92 Å². The van der Waals surface area contributed by atoms with Crippen molar-refractivity contribution in [3.8, 4) is 0 Å². The van der Waals surface area contributed by atoms with Crippen molar-refractivity contribution in [3.05, 3.63) is 42.2 Å². The first-order valence-electron chi connectivity index (χ1n) is 6.68. The second-order valence-corrected chi connectivity index (χ2v) is 5.32. The molecule has 0 radical (unpaired) electrons. The summed E-state index contributed by atoms with van der Waals surface area (Å²) in [5, 5.41) is 2.57. The van der Waals surface area contributed by atoms with Crippen molar-refractivity contribution < 1.29 is 0 Å². The van der Waals surface area contributed by atoms with E-state index in [1.165, 1.54) is 42.0 Å². The van der Waals surface area contributed by atoms with Crippen molar-refractivity contribution in [2.24, 2.45) is 5.92 Å². The lowest BCUT2D eigenvalue weighted by molar-refractivity contribution is 0.461. The Morgan fingerprint density at radius 2 is 1.94 bits per heavy atom. The molecule has 1 saturated carbocycles. The number of aromatic nitrogens is 1. The molecule has 0 aliphatic heterocycles. The van der Waals surface area contributed by atoms with Gasteiger partial charge in [0.15, 0.2) is 0 Å². The molecule has 1 heteroatoms. The molecule has 88 valence electrons. The molecule has 1 aliphatic rings. The van der Waals surface area contributed by atoms with E-state index < -0.39 is 0 Å². The highest BCUT2D eigenvalue weighted by molar-refractivity contribution is 5.82. The number of nitrogens with zero attached hydrogens (tertiary/aromatic N) is 1. The molecule has 1 aromatic carbocycles. The molecule has 3 rings (SSSR count). The second kappa shape index (κ2) is 4.48. The lowest BCUT2D eigenvalue weighted by Crippen LogP contribution is -2.05. The van der Waals surface area contributed by atoms with Crippen molar-refractivity contribution in [2.75, 3.05) is 0 Å². The minimum Gasteiger partial charge on any atom is -0.264 e. The molecule has 0 N–H and O–H groups in total. The van der Waals surface area contributed by atoms with E-state index in [2.05, 4.69) is 36.2 Å². The van der Waals surface area contributed by atoms with Crippen LogP contribution in [0.15, 0.2) is 36.7 Å². The number of fused-ring (bicyclic) bond motifs is 1. The largest absolute Gasteiger partial charge is 0.264 e. The number of pyridine rings is 1. The molecular formula is C16H19N. The van der Waals surface area contributed by atoms with Crippen LogP contribution < -0.4 is 0 Å². The van der Waals surface area contributed by atoms with E-state index in [-0.39, 0.29) is 0 Å². The maximum atomic E-state index is 4.16. The topological polar surface area (TPSA) is 12.9 Å². The van der Waals surface area contributed by atoms with E-state index >= 15 is 0 Å². The summed E-state index contributed by atoms with van der Waals surface area (Å²) in [4.78, 5) is 4.16. The van der Waals surface area contributed by atoms with E-state index in [4.69, 9.17) is 0 Å². The van der Waals surface area contributed by atoms with Crippen LogP contribution in [0.5, 0.6) is 0 Å². The van der Waals surface area contributed by atoms with E-state index in [0.717, 1.165) is 5.92 Å². The van der Waals surface area contributed by atoms with Crippen LogP contribution in [0.1, 0.15) is 44.1 Å². The summed E-state index contributed by atoms with van der Waals surface area (Å²) in [6, 6.07) is 8.95. The highest BCUT2D eigenvalue weighted by atomic mass is 14.6. The standard InChI is InChI=1S/C16H19N/c1-12(13-4-2-3-5-13)14-6-7-16-11-17-9-8-15(16)10-14/h6-13H,2-5H2,1H3. The Morgan fingerprint density at radius 3 is 2.76 bits per heavy atom. The van der Waals surface area contributed by atoms with Gasteiger partial charge < -0.3 is 0 Å². The van der Waals surface area contributed by atoms with Gasteiger partial charge in [-0.25, -0.2) is 0 Å². The first-order chi connectivity index (χ1) is 8.34. The van der Waals surface area contributed by atoms with Gasteiger partial charge in [-0.15, -0.1) is 0 Å². The van der Waals surface area contributed by atoms with Gasteiger partial charge in [-0.05, 0) is 41.7 Å². The maximum absolute atomic E-state index is 4.16. The fraction of sp³-hybridized carbons (Fsp3) is 0.438. The third-order valence-corrected chi connectivity index (χ3v) is 4.30. The first kappa shape index (κ1) is 10.8. The van der Waals surface area contributed by atoms with Crippen molar-refractivity contribution in [1.29, 1.82) is 0 Å². The van der Waals surface area contributed by atoms with Gasteiger partial charge in [-0.3, -0.25) is 4.98 Å². The summed E-state index contributed by atoms with van der Waals surface area (Å²) >= 11 is 0. The maximum Gasteiger partial charge on any atom is 0.0346 e. The molecule has 0 saturated heterocycles. The van der Waals surface area contributed by atoms with Gasteiger partial charge in [0, 0.05) is 17.8 Å². The van der Waals surface area contributed by atoms with Gasteiger partial charge in [0.1, 0.15) is 0 Å². The third kappa shape index (κ3) is 2.06. The molecule has 0 amide bonds. The Bertz CT molecular complexity index is 512. The molecule has 1 heterocycles.